The lowest BCUT2D eigenvalue weighted by molar-refractivity contribution is 0.291. The SMILES string of the molecule is CCCCCOc1ccc(CNC(C)C)cc1F. The quantitative estimate of drug-likeness (QED) is 0.710. The normalized spacial score (nSPS) is 10.9. The van der Waals surface area contributed by atoms with Gasteiger partial charge in [-0.15, -0.1) is 0 Å². The Morgan fingerprint density at radius 2 is 2.06 bits per heavy atom. The maximum absolute atomic E-state index is 13.7. The van der Waals surface area contributed by atoms with Crippen molar-refractivity contribution in [3.8, 4) is 5.75 Å². The molecule has 102 valence electrons. The highest BCUT2D eigenvalue weighted by Crippen LogP contribution is 2.18. The van der Waals surface area contributed by atoms with E-state index in [2.05, 4.69) is 26.1 Å². The lowest BCUT2D eigenvalue weighted by Crippen LogP contribution is -2.21. The first kappa shape index (κ1) is 15.0. The van der Waals surface area contributed by atoms with E-state index >= 15 is 0 Å². The molecule has 0 radical (unpaired) electrons. The van der Waals surface area contributed by atoms with Gasteiger partial charge in [-0.05, 0) is 24.1 Å². The van der Waals surface area contributed by atoms with Crippen molar-refractivity contribution in [1.82, 2.24) is 5.32 Å². The second-order valence-corrected chi connectivity index (χ2v) is 4.86. The smallest absolute Gasteiger partial charge is 0.165 e. The fourth-order valence-corrected chi connectivity index (χ4v) is 1.63. The highest BCUT2D eigenvalue weighted by molar-refractivity contribution is 5.29. The Kier molecular flexibility index (Phi) is 6.73. The molecule has 0 aromatic heterocycles. The number of hydrogen-bond donors (Lipinski definition) is 1. The van der Waals surface area contributed by atoms with Crippen LogP contribution in [0.2, 0.25) is 0 Å². The Labute approximate surface area is 110 Å². The largest absolute Gasteiger partial charge is 0.491 e. The van der Waals surface area contributed by atoms with E-state index < -0.39 is 0 Å². The molecule has 1 rings (SSSR count). The average Bonchev–Trinajstić information content (AvgIpc) is 2.34. The maximum Gasteiger partial charge on any atom is 0.165 e. The van der Waals surface area contributed by atoms with Gasteiger partial charge in [0, 0.05) is 12.6 Å². The minimum atomic E-state index is -0.269. The fraction of sp³-hybridized carbons (Fsp3) is 0.600. The fourth-order valence-electron chi connectivity index (χ4n) is 1.63. The van der Waals surface area contributed by atoms with E-state index in [4.69, 9.17) is 4.74 Å². The summed E-state index contributed by atoms with van der Waals surface area (Å²) in [4.78, 5) is 0. The monoisotopic (exact) mass is 253 g/mol. The number of benzene rings is 1. The Balaban J connectivity index is 2.46. The van der Waals surface area contributed by atoms with E-state index in [1.165, 1.54) is 0 Å². The molecule has 0 amide bonds. The summed E-state index contributed by atoms with van der Waals surface area (Å²) < 4.78 is 19.2. The molecule has 0 heterocycles. The average molecular weight is 253 g/mol. The van der Waals surface area contributed by atoms with Crippen LogP contribution in [0.3, 0.4) is 0 Å². The number of halogens is 1. The van der Waals surface area contributed by atoms with Crippen molar-refractivity contribution in [3.05, 3.63) is 29.6 Å². The highest BCUT2D eigenvalue weighted by atomic mass is 19.1. The van der Waals surface area contributed by atoms with E-state index in [9.17, 15) is 4.39 Å². The molecule has 1 aromatic carbocycles. The molecular weight excluding hydrogens is 229 g/mol. The van der Waals surface area contributed by atoms with Gasteiger partial charge < -0.3 is 10.1 Å². The van der Waals surface area contributed by atoms with Crippen LogP contribution in [-0.2, 0) is 6.54 Å². The van der Waals surface area contributed by atoms with Gasteiger partial charge in [-0.2, -0.15) is 0 Å². The minimum absolute atomic E-state index is 0.269. The van der Waals surface area contributed by atoms with Crippen molar-refractivity contribution in [1.29, 1.82) is 0 Å². The first-order valence-electron chi connectivity index (χ1n) is 6.78. The third-order valence-electron chi connectivity index (χ3n) is 2.72. The van der Waals surface area contributed by atoms with Crippen LogP contribution in [0, 0.1) is 5.82 Å². The van der Waals surface area contributed by atoms with E-state index in [-0.39, 0.29) is 5.82 Å². The van der Waals surface area contributed by atoms with Gasteiger partial charge in [-0.1, -0.05) is 39.7 Å². The summed E-state index contributed by atoms with van der Waals surface area (Å²) in [6, 6.07) is 5.58. The van der Waals surface area contributed by atoms with Gasteiger partial charge in [0.1, 0.15) is 0 Å². The molecule has 0 saturated heterocycles. The molecule has 0 bridgehead atoms. The number of rotatable bonds is 8. The van der Waals surface area contributed by atoms with Gasteiger partial charge in [-0.3, -0.25) is 0 Å². The van der Waals surface area contributed by atoms with Gasteiger partial charge in [0.25, 0.3) is 0 Å². The van der Waals surface area contributed by atoms with E-state index in [0.717, 1.165) is 24.8 Å². The van der Waals surface area contributed by atoms with Crippen molar-refractivity contribution >= 4 is 0 Å². The topological polar surface area (TPSA) is 21.3 Å². The van der Waals surface area contributed by atoms with Crippen molar-refractivity contribution in [2.24, 2.45) is 0 Å². The molecule has 0 aliphatic carbocycles. The first-order valence-corrected chi connectivity index (χ1v) is 6.78. The Morgan fingerprint density at radius 1 is 1.28 bits per heavy atom. The zero-order chi connectivity index (χ0) is 13.4. The summed E-state index contributed by atoms with van der Waals surface area (Å²) in [5.41, 5.74) is 0.946. The molecular formula is C15H24FNO. The predicted molar refractivity (Wildman–Crippen MR) is 73.4 cm³/mol. The van der Waals surface area contributed by atoms with Gasteiger partial charge in [-0.25, -0.2) is 4.39 Å². The van der Waals surface area contributed by atoms with Gasteiger partial charge in [0.05, 0.1) is 6.61 Å². The van der Waals surface area contributed by atoms with E-state index in [1.807, 2.05) is 6.07 Å². The third-order valence-corrected chi connectivity index (χ3v) is 2.72. The molecule has 0 aliphatic heterocycles. The van der Waals surface area contributed by atoms with E-state index in [1.54, 1.807) is 12.1 Å². The summed E-state index contributed by atoms with van der Waals surface area (Å²) >= 11 is 0. The molecule has 3 heteroatoms. The van der Waals surface area contributed by atoms with Crippen LogP contribution in [0.4, 0.5) is 4.39 Å². The second-order valence-electron chi connectivity index (χ2n) is 4.86. The molecule has 0 spiro atoms. The molecule has 1 N–H and O–H groups in total. The molecule has 18 heavy (non-hydrogen) atoms. The second kappa shape index (κ2) is 8.09. The first-order chi connectivity index (χ1) is 8.63. The summed E-state index contributed by atoms with van der Waals surface area (Å²) in [5, 5.41) is 3.26. The van der Waals surface area contributed by atoms with Crippen molar-refractivity contribution in [2.75, 3.05) is 6.61 Å². The lowest BCUT2D eigenvalue weighted by Gasteiger charge is -2.10. The van der Waals surface area contributed by atoms with Crippen LogP contribution in [0.5, 0.6) is 5.75 Å². The van der Waals surface area contributed by atoms with Gasteiger partial charge in [0.2, 0.25) is 0 Å². The molecule has 2 nitrogen and oxygen atoms in total. The van der Waals surface area contributed by atoms with Gasteiger partial charge >= 0.3 is 0 Å². The van der Waals surface area contributed by atoms with Crippen LogP contribution in [-0.4, -0.2) is 12.6 Å². The summed E-state index contributed by atoms with van der Waals surface area (Å²) in [6.07, 6.45) is 3.25. The van der Waals surface area contributed by atoms with Crippen molar-refractivity contribution in [2.45, 2.75) is 52.6 Å². The zero-order valence-corrected chi connectivity index (χ0v) is 11.6. The maximum atomic E-state index is 13.7. The van der Waals surface area contributed by atoms with Gasteiger partial charge in [0.15, 0.2) is 11.6 Å². The van der Waals surface area contributed by atoms with Crippen LogP contribution in [0.15, 0.2) is 18.2 Å². The summed E-state index contributed by atoms with van der Waals surface area (Å²) in [5.74, 6) is 0.0916. The Hall–Kier alpha value is -1.09. The summed E-state index contributed by atoms with van der Waals surface area (Å²) in [7, 11) is 0. The third kappa shape index (κ3) is 5.50. The Morgan fingerprint density at radius 3 is 2.67 bits per heavy atom. The molecule has 0 saturated carbocycles. The highest BCUT2D eigenvalue weighted by Gasteiger charge is 2.05. The van der Waals surface area contributed by atoms with Crippen molar-refractivity contribution < 1.29 is 9.13 Å². The van der Waals surface area contributed by atoms with E-state index in [0.29, 0.717) is 24.9 Å². The molecule has 0 aliphatic rings. The molecule has 1 aromatic rings. The number of hydrogen-bond acceptors (Lipinski definition) is 2. The molecule has 0 fully saturated rings. The molecule has 0 unspecified atom stereocenters. The van der Waals surface area contributed by atoms with Crippen LogP contribution in [0.1, 0.15) is 45.6 Å². The zero-order valence-electron chi connectivity index (χ0n) is 11.6. The van der Waals surface area contributed by atoms with Crippen LogP contribution < -0.4 is 10.1 Å². The van der Waals surface area contributed by atoms with Crippen molar-refractivity contribution in [3.63, 3.8) is 0 Å². The number of nitrogens with one attached hydrogen (secondary N) is 1. The molecule has 0 atom stereocenters. The van der Waals surface area contributed by atoms with Crippen LogP contribution in [0.25, 0.3) is 0 Å². The summed E-state index contributed by atoms with van der Waals surface area (Å²) in [6.45, 7) is 7.55. The van der Waals surface area contributed by atoms with Crippen LogP contribution >= 0.6 is 0 Å². The number of unbranched alkanes of at least 4 members (excludes halogenated alkanes) is 2. The number of ether oxygens (including phenoxy) is 1. The standard InChI is InChI=1S/C15H24FNO/c1-4-5-6-9-18-15-8-7-13(10-14(15)16)11-17-12(2)3/h7-8,10,12,17H,4-6,9,11H2,1-3H3. The minimum Gasteiger partial charge on any atom is -0.491 e. The predicted octanol–water partition coefficient (Wildman–Crippen LogP) is 3.89. The lowest BCUT2D eigenvalue weighted by atomic mass is 10.2. The Bertz CT molecular complexity index is 352.